The van der Waals surface area contributed by atoms with Gasteiger partial charge in [0.1, 0.15) is 11.9 Å². The van der Waals surface area contributed by atoms with Gasteiger partial charge in [0, 0.05) is 25.2 Å². The fourth-order valence-corrected chi connectivity index (χ4v) is 3.18. The minimum atomic E-state index is 0.566. The molecule has 0 bridgehead atoms. The molecule has 0 atom stereocenters. The van der Waals surface area contributed by atoms with Gasteiger partial charge in [-0.05, 0) is 17.7 Å². The first-order valence-electron chi connectivity index (χ1n) is 9.68. The third-order valence-electron chi connectivity index (χ3n) is 4.70. The lowest BCUT2D eigenvalue weighted by molar-refractivity contribution is 0.869. The van der Waals surface area contributed by atoms with E-state index in [-0.39, 0.29) is 0 Å². The summed E-state index contributed by atoms with van der Waals surface area (Å²) in [5, 5.41) is 12.7. The molecule has 5 heteroatoms. The number of hydrogen-bond donors (Lipinski definition) is 1. The van der Waals surface area contributed by atoms with Crippen LogP contribution >= 0.6 is 0 Å². The van der Waals surface area contributed by atoms with Crippen molar-refractivity contribution < 1.29 is 0 Å². The molecule has 0 saturated heterocycles. The van der Waals surface area contributed by atoms with E-state index in [9.17, 15) is 5.26 Å². The number of para-hydroxylation sites is 1. The van der Waals surface area contributed by atoms with Crippen LogP contribution in [0.2, 0.25) is 0 Å². The van der Waals surface area contributed by atoms with Crippen molar-refractivity contribution in [1.29, 1.82) is 5.26 Å². The summed E-state index contributed by atoms with van der Waals surface area (Å²) in [5.41, 5.74) is 4.28. The summed E-state index contributed by atoms with van der Waals surface area (Å²) in [4.78, 5) is 11.5. The van der Waals surface area contributed by atoms with Gasteiger partial charge in [0.05, 0.1) is 16.9 Å². The molecule has 0 fully saturated rings. The molecule has 0 unspecified atom stereocenters. The Kier molecular flexibility index (Phi) is 5.68. The van der Waals surface area contributed by atoms with Crippen LogP contribution in [0.1, 0.15) is 11.1 Å². The second-order valence-corrected chi connectivity index (χ2v) is 6.93. The highest BCUT2D eigenvalue weighted by atomic mass is 15.2. The SMILES string of the molecule is CN(Cc1ccccc1)c1nc(Nc2ccccc2C#N)cc(-c2ccccc2)n1. The normalized spacial score (nSPS) is 10.3. The fraction of sp³-hybridized carbons (Fsp3) is 0.0800. The Morgan fingerprint density at radius 2 is 1.53 bits per heavy atom. The third-order valence-corrected chi connectivity index (χ3v) is 4.70. The van der Waals surface area contributed by atoms with Crippen molar-refractivity contribution in [3.63, 3.8) is 0 Å². The molecule has 4 rings (SSSR count). The molecule has 0 aliphatic rings. The van der Waals surface area contributed by atoms with E-state index in [1.165, 1.54) is 5.56 Å². The summed E-state index contributed by atoms with van der Waals surface area (Å²) in [6, 6.07) is 31.7. The summed E-state index contributed by atoms with van der Waals surface area (Å²) in [5.74, 6) is 1.25. The van der Waals surface area contributed by atoms with Gasteiger partial charge in [0.25, 0.3) is 0 Å². The van der Waals surface area contributed by atoms with Crippen molar-refractivity contribution in [2.24, 2.45) is 0 Å². The number of nitrogens with zero attached hydrogens (tertiary/aromatic N) is 4. The molecule has 0 aliphatic carbocycles. The zero-order valence-corrected chi connectivity index (χ0v) is 16.7. The zero-order chi connectivity index (χ0) is 20.8. The topological polar surface area (TPSA) is 64.8 Å². The van der Waals surface area contributed by atoms with Gasteiger partial charge < -0.3 is 10.2 Å². The van der Waals surface area contributed by atoms with Crippen LogP contribution in [-0.2, 0) is 6.54 Å². The zero-order valence-electron chi connectivity index (χ0n) is 16.7. The minimum absolute atomic E-state index is 0.566. The molecule has 30 heavy (non-hydrogen) atoms. The summed E-state index contributed by atoms with van der Waals surface area (Å²) in [6.45, 7) is 0.688. The number of rotatable bonds is 6. The summed E-state index contributed by atoms with van der Waals surface area (Å²) in [7, 11) is 1.98. The van der Waals surface area contributed by atoms with Crippen LogP contribution in [0.3, 0.4) is 0 Å². The fourth-order valence-electron chi connectivity index (χ4n) is 3.18. The first kappa shape index (κ1) is 19.2. The summed E-state index contributed by atoms with van der Waals surface area (Å²) in [6.07, 6.45) is 0. The predicted octanol–water partition coefficient (Wildman–Crippen LogP) is 5.40. The van der Waals surface area contributed by atoms with Gasteiger partial charge in [-0.3, -0.25) is 0 Å². The molecule has 0 amide bonds. The highest BCUT2D eigenvalue weighted by Gasteiger charge is 2.12. The van der Waals surface area contributed by atoms with Crippen molar-refractivity contribution in [3.05, 3.63) is 102 Å². The molecule has 0 aliphatic heterocycles. The molecule has 1 N–H and O–H groups in total. The number of aromatic nitrogens is 2. The molecule has 146 valence electrons. The van der Waals surface area contributed by atoms with Crippen molar-refractivity contribution >= 4 is 17.5 Å². The monoisotopic (exact) mass is 391 g/mol. The minimum Gasteiger partial charge on any atom is -0.339 e. The van der Waals surface area contributed by atoms with Crippen LogP contribution in [0, 0.1) is 11.3 Å². The lowest BCUT2D eigenvalue weighted by atomic mass is 10.1. The number of anilines is 3. The first-order valence-corrected chi connectivity index (χ1v) is 9.68. The first-order chi connectivity index (χ1) is 14.7. The Bertz CT molecular complexity index is 1170. The quantitative estimate of drug-likeness (QED) is 0.477. The Morgan fingerprint density at radius 1 is 0.867 bits per heavy atom. The summed E-state index contributed by atoms with van der Waals surface area (Å²) >= 11 is 0. The van der Waals surface area contributed by atoms with Crippen LogP contribution in [0.4, 0.5) is 17.5 Å². The largest absolute Gasteiger partial charge is 0.339 e. The molecule has 1 heterocycles. The van der Waals surface area contributed by atoms with Gasteiger partial charge in [-0.15, -0.1) is 0 Å². The van der Waals surface area contributed by atoms with Gasteiger partial charge in [-0.1, -0.05) is 72.8 Å². The van der Waals surface area contributed by atoms with Crippen LogP contribution in [-0.4, -0.2) is 17.0 Å². The Morgan fingerprint density at radius 3 is 2.27 bits per heavy atom. The maximum Gasteiger partial charge on any atom is 0.227 e. The Labute approximate surface area is 176 Å². The average Bonchev–Trinajstić information content (AvgIpc) is 2.80. The van der Waals surface area contributed by atoms with Crippen molar-refractivity contribution in [3.8, 4) is 17.3 Å². The molecule has 0 radical (unpaired) electrons. The van der Waals surface area contributed by atoms with Crippen LogP contribution in [0.5, 0.6) is 0 Å². The molecule has 0 spiro atoms. The molecule has 3 aromatic carbocycles. The maximum absolute atomic E-state index is 9.40. The van der Waals surface area contributed by atoms with Crippen molar-refractivity contribution in [1.82, 2.24) is 9.97 Å². The molecule has 4 aromatic rings. The number of nitriles is 1. The Hall–Kier alpha value is -4.17. The molecule has 5 nitrogen and oxygen atoms in total. The third kappa shape index (κ3) is 4.45. The Balaban J connectivity index is 1.72. The smallest absolute Gasteiger partial charge is 0.227 e. The second kappa shape index (κ2) is 8.89. The molecule has 1 aromatic heterocycles. The van der Waals surface area contributed by atoms with E-state index >= 15 is 0 Å². The molecular formula is C25H21N5. The molecular weight excluding hydrogens is 370 g/mol. The predicted molar refractivity (Wildman–Crippen MR) is 120 cm³/mol. The number of nitrogens with one attached hydrogen (secondary N) is 1. The van der Waals surface area contributed by atoms with Crippen molar-refractivity contribution in [2.75, 3.05) is 17.3 Å². The van der Waals surface area contributed by atoms with Crippen molar-refractivity contribution in [2.45, 2.75) is 6.54 Å². The second-order valence-electron chi connectivity index (χ2n) is 6.93. The van der Waals surface area contributed by atoms with E-state index in [0.29, 0.717) is 23.9 Å². The van der Waals surface area contributed by atoms with Gasteiger partial charge in [0.15, 0.2) is 0 Å². The lowest BCUT2D eigenvalue weighted by Crippen LogP contribution is -2.19. The van der Waals surface area contributed by atoms with E-state index < -0.39 is 0 Å². The number of benzene rings is 3. The maximum atomic E-state index is 9.40. The summed E-state index contributed by atoms with van der Waals surface area (Å²) < 4.78 is 0. The van der Waals surface area contributed by atoms with E-state index in [1.807, 2.05) is 84.7 Å². The van der Waals surface area contributed by atoms with E-state index in [2.05, 4.69) is 23.5 Å². The van der Waals surface area contributed by atoms with Gasteiger partial charge in [-0.2, -0.15) is 10.2 Å². The average molecular weight is 391 g/mol. The molecule has 0 saturated carbocycles. The van der Waals surface area contributed by atoms with E-state index in [4.69, 9.17) is 9.97 Å². The standard InChI is InChI=1S/C25H21N5/c1-30(18-19-10-4-2-5-11-19)25-28-23(20-12-6-3-7-13-20)16-24(29-25)27-22-15-9-8-14-21(22)17-26/h2-16H,18H2,1H3,(H,27,28,29). The van der Waals surface area contributed by atoms with Crippen LogP contribution in [0.25, 0.3) is 11.3 Å². The van der Waals surface area contributed by atoms with Gasteiger partial charge >= 0.3 is 0 Å². The lowest BCUT2D eigenvalue weighted by Gasteiger charge is -2.19. The number of hydrogen-bond acceptors (Lipinski definition) is 5. The van der Waals surface area contributed by atoms with E-state index in [1.54, 1.807) is 6.07 Å². The van der Waals surface area contributed by atoms with Gasteiger partial charge in [-0.25, -0.2) is 4.98 Å². The van der Waals surface area contributed by atoms with Gasteiger partial charge in [0.2, 0.25) is 5.95 Å². The van der Waals surface area contributed by atoms with Crippen LogP contribution < -0.4 is 10.2 Å². The highest BCUT2D eigenvalue weighted by molar-refractivity contribution is 5.70. The van der Waals surface area contributed by atoms with E-state index in [0.717, 1.165) is 16.9 Å². The highest BCUT2D eigenvalue weighted by Crippen LogP contribution is 2.26. The van der Waals surface area contributed by atoms with Crippen LogP contribution in [0.15, 0.2) is 91.0 Å².